The van der Waals surface area contributed by atoms with Crippen LogP contribution in [0.3, 0.4) is 0 Å². The molecule has 0 amide bonds. The first kappa shape index (κ1) is 9.51. The fourth-order valence-corrected chi connectivity index (χ4v) is 1.29. The topological polar surface area (TPSA) is 55.1 Å². The molecule has 0 bridgehead atoms. The summed E-state index contributed by atoms with van der Waals surface area (Å²) in [4.78, 5) is 10.9. The molecule has 0 aliphatic rings. The van der Waals surface area contributed by atoms with Crippen molar-refractivity contribution in [2.45, 2.75) is 20.4 Å². The van der Waals surface area contributed by atoms with Crippen molar-refractivity contribution < 1.29 is 9.90 Å². The summed E-state index contributed by atoms with van der Waals surface area (Å²) in [6, 6.07) is 0. The van der Waals surface area contributed by atoms with Gasteiger partial charge in [-0.3, -0.25) is 4.68 Å². The zero-order valence-corrected chi connectivity index (χ0v) is 7.74. The van der Waals surface area contributed by atoms with E-state index in [2.05, 4.69) is 11.7 Å². The van der Waals surface area contributed by atoms with E-state index in [1.54, 1.807) is 6.92 Å². The minimum Gasteiger partial charge on any atom is -0.477 e. The molecule has 0 saturated heterocycles. The summed E-state index contributed by atoms with van der Waals surface area (Å²) in [6.07, 6.45) is 1.53. The van der Waals surface area contributed by atoms with E-state index in [9.17, 15) is 4.79 Å². The lowest BCUT2D eigenvalue weighted by Gasteiger charge is -1.99. The summed E-state index contributed by atoms with van der Waals surface area (Å²) in [6.45, 7) is 7.74. The molecule has 4 nitrogen and oxygen atoms in total. The maximum atomic E-state index is 10.9. The van der Waals surface area contributed by atoms with Crippen molar-refractivity contribution in [3.05, 3.63) is 23.5 Å². The molecule has 0 saturated carbocycles. The van der Waals surface area contributed by atoms with E-state index in [-0.39, 0.29) is 5.69 Å². The van der Waals surface area contributed by atoms with Gasteiger partial charge >= 0.3 is 5.97 Å². The van der Waals surface area contributed by atoms with Gasteiger partial charge in [0.05, 0.1) is 5.69 Å². The molecule has 1 N–H and O–H groups in total. The maximum Gasteiger partial charge on any atom is 0.354 e. The van der Waals surface area contributed by atoms with Crippen LogP contribution in [0.15, 0.2) is 6.58 Å². The van der Waals surface area contributed by atoms with E-state index in [1.807, 2.05) is 6.92 Å². The van der Waals surface area contributed by atoms with Gasteiger partial charge in [-0.15, -0.1) is 0 Å². The summed E-state index contributed by atoms with van der Waals surface area (Å²) >= 11 is 0. The second-order valence-corrected chi connectivity index (χ2v) is 2.67. The fourth-order valence-electron chi connectivity index (χ4n) is 1.29. The van der Waals surface area contributed by atoms with E-state index in [0.717, 1.165) is 0 Å². The third-order valence-electron chi connectivity index (χ3n) is 1.88. The highest BCUT2D eigenvalue weighted by Crippen LogP contribution is 2.14. The Labute approximate surface area is 76.5 Å². The van der Waals surface area contributed by atoms with Gasteiger partial charge in [-0.1, -0.05) is 12.7 Å². The van der Waals surface area contributed by atoms with Crippen LogP contribution < -0.4 is 0 Å². The van der Waals surface area contributed by atoms with Crippen molar-refractivity contribution >= 4 is 12.0 Å². The number of aryl methyl sites for hydroxylation is 2. The third-order valence-corrected chi connectivity index (χ3v) is 1.88. The molecule has 0 unspecified atom stereocenters. The Bertz CT molecular complexity index is 353. The van der Waals surface area contributed by atoms with Crippen LogP contribution in [0, 0.1) is 6.92 Å². The molecule has 13 heavy (non-hydrogen) atoms. The summed E-state index contributed by atoms with van der Waals surface area (Å²) in [5.74, 6) is -0.961. The first-order chi connectivity index (χ1) is 6.11. The molecule has 0 radical (unpaired) electrons. The Balaban J connectivity index is 3.40. The quantitative estimate of drug-likeness (QED) is 0.767. The molecule has 0 aliphatic heterocycles. The van der Waals surface area contributed by atoms with Crippen LogP contribution in [0.25, 0.3) is 6.08 Å². The maximum absolute atomic E-state index is 10.9. The van der Waals surface area contributed by atoms with Crippen molar-refractivity contribution in [1.29, 1.82) is 0 Å². The van der Waals surface area contributed by atoms with Gasteiger partial charge in [0.25, 0.3) is 0 Å². The SMILES string of the molecule is C=Cc1c(C)nn(CC)c1C(=O)O. The number of carboxylic acid groups (broad SMARTS) is 1. The van der Waals surface area contributed by atoms with Gasteiger partial charge in [0, 0.05) is 12.1 Å². The standard InChI is InChI=1S/C9H12N2O2/c1-4-7-6(3)10-11(5-2)8(7)9(12)13/h4H,1,5H2,2-3H3,(H,12,13). The van der Waals surface area contributed by atoms with Crippen LogP contribution in [0.2, 0.25) is 0 Å². The van der Waals surface area contributed by atoms with Gasteiger partial charge < -0.3 is 5.11 Å². The molecular weight excluding hydrogens is 168 g/mol. The van der Waals surface area contributed by atoms with Gasteiger partial charge in [-0.05, 0) is 13.8 Å². The molecule has 70 valence electrons. The molecular formula is C9H12N2O2. The first-order valence-corrected chi connectivity index (χ1v) is 4.05. The first-order valence-electron chi connectivity index (χ1n) is 4.05. The number of nitrogens with zero attached hydrogens (tertiary/aromatic N) is 2. The number of hydrogen-bond donors (Lipinski definition) is 1. The van der Waals surface area contributed by atoms with Gasteiger partial charge in [0.2, 0.25) is 0 Å². The van der Waals surface area contributed by atoms with Crippen molar-refractivity contribution in [1.82, 2.24) is 9.78 Å². The lowest BCUT2D eigenvalue weighted by molar-refractivity contribution is 0.0683. The third kappa shape index (κ3) is 1.47. The number of carboxylic acids is 1. The van der Waals surface area contributed by atoms with E-state index in [1.165, 1.54) is 10.8 Å². The zero-order valence-electron chi connectivity index (χ0n) is 7.74. The Hall–Kier alpha value is -1.58. The number of hydrogen-bond acceptors (Lipinski definition) is 2. The summed E-state index contributed by atoms with van der Waals surface area (Å²) in [5.41, 5.74) is 1.53. The number of rotatable bonds is 3. The summed E-state index contributed by atoms with van der Waals surface area (Å²) in [5, 5.41) is 13.0. The van der Waals surface area contributed by atoms with Crippen molar-refractivity contribution in [2.75, 3.05) is 0 Å². The monoisotopic (exact) mass is 180 g/mol. The second kappa shape index (κ2) is 3.43. The molecule has 0 atom stereocenters. The highest BCUT2D eigenvalue weighted by atomic mass is 16.4. The van der Waals surface area contributed by atoms with Crippen LogP contribution >= 0.6 is 0 Å². The Kier molecular flexibility index (Phi) is 2.51. The van der Waals surface area contributed by atoms with Crippen molar-refractivity contribution in [2.24, 2.45) is 0 Å². The summed E-state index contributed by atoms with van der Waals surface area (Å²) in [7, 11) is 0. The Morgan fingerprint density at radius 1 is 1.77 bits per heavy atom. The predicted octanol–water partition coefficient (Wildman–Crippen LogP) is 1.55. The lowest BCUT2D eigenvalue weighted by atomic mass is 10.2. The van der Waals surface area contributed by atoms with E-state index in [0.29, 0.717) is 17.8 Å². The Morgan fingerprint density at radius 3 is 2.77 bits per heavy atom. The second-order valence-electron chi connectivity index (χ2n) is 2.67. The molecule has 0 spiro atoms. The molecule has 1 aromatic rings. The predicted molar refractivity (Wildman–Crippen MR) is 49.7 cm³/mol. The highest BCUT2D eigenvalue weighted by molar-refractivity contribution is 5.90. The smallest absolute Gasteiger partial charge is 0.354 e. The number of aromatic nitrogens is 2. The van der Waals surface area contributed by atoms with Crippen LogP contribution in [-0.2, 0) is 6.54 Å². The molecule has 1 rings (SSSR count). The van der Waals surface area contributed by atoms with E-state index < -0.39 is 5.97 Å². The van der Waals surface area contributed by atoms with Gasteiger partial charge in [0.1, 0.15) is 0 Å². The average Bonchev–Trinajstić information content (AvgIpc) is 2.41. The fraction of sp³-hybridized carbons (Fsp3) is 0.333. The van der Waals surface area contributed by atoms with Gasteiger partial charge in [0.15, 0.2) is 5.69 Å². The minimum atomic E-state index is -0.961. The molecule has 0 aliphatic carbocycles. The van der Waals surface area contributed by atoms with Crippen molar-refractivity contribution in [3.8, 4) is 0 Å². The molecule has 1 heterocycles. The number of carbonyl (C=O) groups is 1. The molecule has 4 heteroatoms. The average molecular weight is 180 g/mol. The summed E-state index contributed by atoms with van der Waals surface area (Å²) < 4.78 is 1.47. The lowest BCUT2D eigenvalue weighted by Crippen LogP contribution is -2.09. The van der Waals surface area contributed by atoms with Crippen LogP contribution in [0.5, 0.6) is 0 Å². The largest absolute Gasteiger partial charge is 0.477 e. The molecule has 0 fully saturated rings. The minimum absolute atomic E-state index is 0.218. The normalized spacial score (nSPS) is 10.0. The molecule has 0 aromatic carbocycles. The van der Waals surface area contributed by atoms with Crippen LogP contribution in [0.1, 0.15) is 28.7 Å². The van der Waals surface area contributed by atoms with E-state index >= 15 is 0 Å². The Morgan fingerprint density at radius 2 is 2.38 bits per heavy atom. The van der Waals surface area contributed by atoms with Gasteiger partial charge in [-0.2, -0.15) is 5.10 Å². The van der Waals surface area contributed by atoms with Crippen LogP contribution in [-0.4, -0.2) is 20.9 Å². The molecule has 1 aromatic heterocycles. The van der Waals surface area contributed by atoms with E-state index in [4.69, 9.17) is 5.11 Å². The number of aromatic carboxylic acids is 1. The van der Waals surface area contributed by atoms with Crippen LogP contribution in [0.4, 0.5) is 0 Å². The van der Waals surface area contributed by atoms with Crippen molar-refractivity contribution in [3.63, 3.8) is 0 Å². The highest BCUT2D eigenvalue weighted by Gasteiger charge is 2.17. The zero-order chi connectivity index (χ0) is 10.0. The van der Waals surface area contributed by atoms with Gasteiger partial charge in [-0.25, -0.2) is 4.79 Å².